The number of ether oxygens (including phenoxy) is 2. The molecule has 2 aliphatic rings. The molecule has 29 heavy (non-hydrogen) atoms. The first-order valence-corrected chi connectivity index (χ1v) is 10.4. The number of fused-ring (bicyclic) bond motifs is 2. The van der Waals surface area contributed by atoms with Gasteiger partial charge < -0.3 is 19.7 Å². The third-order valence-corrected chi connectivity index (χ3v) is 6.40. The maximum absolute atomic E-state index is 6.58. The van der Waals surface area contributed by atoms with Crippen LogP contribution in [-0.4, -0.2) is 12.7 Å². The number of hydrogen-bond acceptors (Lipinski definition) is 5. The summed E-state index contributed by atoms with van der Waals surface area (Å²) in [4.78, 5) is 0. The van der Waals surface area contributed by atoms with Gasteiger partial charge in [-0.05, 0) is 73.4 Å². The van der Waals surface area contributed by atoms with Crippen molar-refractivity contribution in [3.8, 4) is 22.6 Å². The Bertz CT molecular complexity index is 1110. The Hall–Kier alpha value is -2.95. The van der Waals surface area contributed by atoms with E-state index < -0.39 is 0 Å². The Labute approximate surface area is 170 Å². The Morgan fingerprint density at radius 3 is 2.52 bits per heavy atom. The molecule has 0 unspecified atom stereocenters. The van der Waals surface area contributed by atoms with Crippen molar-refractivity contribution < 1.29 is 13.9 Å². The number of rotatable bonds is 2. The molecule has 5 nitrogen and oxygen atoms in total. The molecule has 2 aromatic carbocycles. The Kier molecular flexibility index (Phi) is 4.46. The topological polar surface area (TPSA) is 70.0 Å². The molecule has 1 saturated carbocycles. The number of hydrogen-bond donors (Lipinski definition) is 1. The standard InChI is InChI=1S/C24H26N2O3/c1-27-18-7-5-16(6-8-18)19-14-23(26-25)28-22-15-21-17(13-20(19)22)9-12-24(29-21)10-3-2-4-11-24/h5-8,13-15H,2-4,9-12,25H2,1H3/b26-23-. The molecule has 1 aliphatic heterocycles. The zero-order valence-electron chi connectivity index (χ0n) is 16.7. The molecule has 0 atom stereocenters. The molecule has 150 valence electrons. The second kappa shape index (κ2) is 7.14. The molecule has 5 rings (SSSR count). The van der Waals surface area contributed by atoms with Crippen molar-refractivity contribution in [2.75, 3.05) is 7.11 Å². The van der Waals surface area contributed by atoms with Crippen LogP contribution in [0.1, 0.15) is 44.1 Å². The van der Waals surface area contributed by atoms with E-state index in [0.29, 0.717) is 5.55 Å². The highest BCUT2D eigenvalue weighted by Gasteiger charge is 2.37. The second-order valence-corrected chi connectivity index (χ2v) is 8.16. The second-order valence-electron chi connectivity index (χ2n) is 8.16. The molecule has 0 bridgehead atoms. The molecule has 1 fully saturated rings. The van der Waals surface area contributed by atoms with Crippen molar-refractivity contribution in [2.45, 2.75) is 50.5 Å². The van der Waals surface area contributed by atoms with Crippen LogP contribution in [0.4, 0.5) is 0 Å². The highest BCUT2D eigenvalue weighted by Crippen LogP contribution is 2.44. The predicted molar refractivity (Wildman–Crippen MR) is 113 cm³/mol. The van der Waals surface area contributed by atoms with Crippen LogP contribution in [-0.2, 0) is 6.42 Å². The van der Waals surface area contributed by atoms with Crippen LogP contribution in [0.2, 0.25) is 0 Å². The zero-order chi connectivity index (χ0) is 19.8. The first-order chi connectivity index (χ1) is 14.2. The Morgan fingerprint density at radius 2 is 1.79 bits per heavy atom. The van der Waals surface area contributed by atoms with Gasteiger partial charge in [0, 0.05) is 17.5 Å². The molecule has 0 amide bonds. The summed E-state index contributed by atoms with van der Waals surface area (Å²) >= 11 is 0. The van der Waals surface area contributed by atoms with Crippen molar-refractivity contribution >= 4 is 11.0 Å². The minimum Gasteiger partial charge on any atom is -0.497 e. The third-order valence-electron chi connectivity index (χ3n) is 6.40. The highest BCUT2D eigenvalue weighted by molar-refractivity contribution is 5.94. The number of aryl methyl sites for hydroxylation is 1. The lowest BCUT2D eigenvalue weighted by atomic mass is 9.79. The number of nitrogens with zero attached hydrogens (tertiary/aromatic N) is 1. The summed E-state index contributed by atoms with van der Waals surface area (Å²) < 4.78 is 17.8. The smallest absolute Gasteiger partial charge is 0.236 e. The minimum atomic E-state index is 0.00753. The lowest BCUT2D eigenvalue weighted by Gasteiger charge is -2.41. The quantitative estimate of drug-likeness (QED) is 0.498. The first-order valence-electron chi connectivity index (χ1n) is 10.4. The van der Waals surface area contributed by atoms with Gasteiger partial charge in [-0.25, -0.2) is 0 Å². The van der Waals surface area contributed by atoms with E-state index >= 15 is 0 Å². The summed E-state index contributed by atoms with van der Waals surface area (Å²) in [6, 6.07) is 14.1. The highest BCUT2D eigenvalue weighted by atomic mass is 16.5. The van der Waals surface area contributed by atoms with Gasteiger partial charge in [0.2, 0.25) is 5.55 Å². The Morgan fingerprint density at radius 1 is 1.00 bits per heavy atom. The normalized spacial score (nSPS) is 18.4. The number of benzene rings is 2. The van der Waals surface area contributed by atoms with Crippen molar-refractivity contribution in [3.63, 3.8) is 0 Å². The molecule has 2 heterocycles. The summed E-state index contributed by atoms with van der Waals surface area (Å²) in [6.45, 7) is 0. The van der Waals surface area contributed by atoms with E-state index in [0.717, 1.165) is 59.3 Å². The van der Waals surface area contributed by atoms with E-state index in [1.54, 1.807) is 7.11 Å². The van der Waals surface area contributed by atoms with Gasteiger partial charge in [0.15, 0.2) is 0 Å². The van der Waals surface area contributed by atoms with E-state index in [-0.39, 0.29) is 5.60 Å². The van der Waals surface area contributed by atoms with Crippen LogP contribution in [0.25, 0.3) is 22.1 Å². The summed E-state index contributed by atoms with van der Waals surface area (Å²) in [6.07, 6.45) is 8.26. The van der Waals surface area contributed by atoms with Crippen LogP contribution in [0.15, 0.2) is 52.0 Å². The summed E-state index contributed by atoms with van der Waals surface area (Å²) in [5.41, 5.74) is 4.50. The fourth-order valence-electron chi connectivity index (χ4n) is 4.80. The first kappa shape index (κ1) is 18.1. The van der Waals surface area contributed by atoms with E-state index in [4.69, 9.17) is 19.7 Å². The average Bonchev–Trinajstić information content (AvgIpc) is 2.77. The van der Waals surface area contributed by atoms with Crippen LogP contribution < -0.4 is 20.9 Å². The largest absolute Gasteiger partial charge is 0.497 e. The maximum atomic E-state index is 6.58. The van der Waals surface area contributed by atoms with Gasteiger partial charge in [-0.2, -0.15) is 0 Å². The lowest BCUT2D eigenvalue weighted by molar-refractivity contribution is 0.0109. The van der Waals surface area contributed by atoms with Gasteiger partial charge in [0.05, 0.1) is 7.11 Å². The van der Waals surface area contributed by atoms with E-state index in [1.807, 2.05) is 36.4 Å². The fraction of sp³-hybridized carbons (Fsp3) is 0.375. The monoisotopic (exact) mass is 390 g/mol. The summed E-state index contributed by atoms with van der Waals surface area (Å²) in [5.74, 6) is 7.34. The molecule has 2 N–H and O–H groups in total. The number of nitrogens with two attached hydrogens (primary N) is 1. The predicted octanol–water partition coefficient (Wildman–Crippen LogP) is 4.91. The molecular weight excluding hydrogens is 364 g/mol. The van der Waals surface area contributed by atoms with Crippen LogP contribution in [0.3, 0.4) is 0 Å². The van der Waals surface area contributed by atoms with E-state index in [2.05, 4.69) is 11.2 Å². The van der Waals surface area contributed by atoms with Crippen LogP contribution >= 0.6 is 0 Å². The van der Waals surface area contributed by atoms with Crippen molar-refractivity contribution in [1.82, 2.24) is 0 Å². The van der Waals surface area contributed by atoms with Crippen molar-refractivity contribution in [1.29, 1.82) is 0 Å². The third kappa shape index (κ3) is 3.24. The molecule has 1 aliphatic carbocycles. The Balaban J connectivity index is 1.64. The van der Waals surface area contributed by atoms with Crippen LogP contribution in [0, 0.1) is 0 Å². The van der Waals surface area contributed by atoms with Gasteiger partial charge in [0.1, 0.15) is 22.7 Å². The number of methoxy groups -OCH3 is 1. The SMILES string of the molecule is COc1ccc(-c2c/c(=N/N)oc3cc4c(cc23)CCC2(CCCCC2)O4)cc1. The van der Waals surface area contributed by atoms with Crippen LogP contribution in [0.5, 0.6) is 11.5 Å². The van der Waals surface area contributed by atoms with Gasteiger partial charge in [0.25, 0.3) is 0 Å². The molecule has 3 aromatic rings. The molecule has 0 radical (unpaired) electrons. The van der Waals surface area contributed by atoms with E-state index in [9.17, 15) is 0 Å². The van der Waals surface area contributed by atoms with Crippen molar-refractivity contribution in [3.05, 3.63) is 53.6 Å². The maximum Gasteiger partial charge on any atom is 0.236 e. The average molecular weight is 390 g/mol. The van der Waals surface area contributed by atoms with Crippen molar-refractivity contribution in [2.24, 2.45) is 10.9 Å². The zero-order valence-corrected chi connectivity index (χ0v) is 16.7. The minimum absolute atomic E-state index is 0.00753. The molecule has 1 aromatic heterocycles. The van der Waals surface area contributed by atoms with E-state index in [1.165, 1.54) is 24.8 Å². The molecular formula is C24H26N2O3. The van der Waals surface area contributed by atoms with Gasteiger partial charge >= 0.3 is 0 Å². The van der Waals surface area contributed by atoms with Gasteiger partial charge in [-0.1, -0.05) is 18.6 Å². The summed E-state index contributed by atoms with van der Waals surface area (Å²) in [5, 5.41) is 4.85. The molecule has 1 spiro atoms. The van der Waals surface area contributed by atoms with Gasteiger partial charge in [-0.15, -0.1) is 5.10 Å². The fourth-order valence-corrected chi connectivity index (χ4v) is 4.80. The molecule has 0 saturated heterocycles. The van der Waals surface area contributed by atoms with Gasteiger partial charge in [-0.3, -0.25) is 0 Å². The molecule has 5 heteroatoms. The lowest BCUT2D eigenvalue weighted by Crippen LogP contribution is -2.41. The summed E-state index contributed by atoms with van der Waals surface area (Å²) in [7, 11) is 1.67.